The summed E-state index contributed by atoms with van der Waals surface area (Å²) in [5.41, 5.74) is -0.840. The Kier molecular flexibility index (Phi) is 4.71. The first-order chi connectivity index (χ1) is 11.9. The molecule has 2 N–H and O–H groups in total. The molecule has 0 radical (unpaired) electrons. The maximum atomic E-state index is 12.8. The quantitative estimate of drug-likeness (QED) is 0.712. The second-order valence-electron chi connectivity index (χ2n) is 7.39. The summed E-state index contributed by atoms with van der Waals surface area (Å²) in [6.07, 6.45) is 3.51. The van der Waals surface area contributed by atoms with E-state index in [0.717, 1.165) is 17.7 Å². The van der Waals surface area contributed by atoms with Crippen LogP contribution in [-0.2, 0) is 14.4 Å². The number of hydrogen-bond donors (Lipinski definition) is 2. The minimum absolute atomic E-state index is 0.183. The third-order valence-electron chi connectivity index (χ3n) is 5.70. The van der Waals surface area contributed by atoms with E-state index in [-0.39, 0.29) is 24.3 Å². The van der Waals surface area contributed by atoms with Gasteiger partial charge in [-0.3, -0.25) is 19.3 Å². The lowest BCUT2D eigenvalue weighted by atomic mass is 9.77. The van der Waals surface area contributed by atoms with Crippen LogP contribution in [-0.4, -0.2) is 64.8 Å². The molecule has 0 bridgehead atoms. The van der Waals surface area contributed by atoms with Crippen molar-refractivity contribution in [2.24, 2.45) is 5.92 Å². The van der Waals surface area contributed by atoms with E-state index in [1.54, 1.807) is 0 Å². The fraction of sp³-hybridized carbons (Fsp3) is 0.765. The molecule has 1 atom stereocenters. The molecule has 2 heterocycles. The van der Waals surface area contributed by atoms with Gasteiger partial charge in [-0.15, -0.1) is 0 Å². The maximum absolute atomic E-state index is 12.8. The van der Waals surface area contributed by atoms with Crippen molar-refractivity contribution < 1.29 is 19.2 Å². The summed E-state index contributed by atoms with van der Waals surface area (Å²) in [5.74, 6) is -0.293. The topological polar surface area (TPSA) is 98.8 Å². The Balaban J connectivity index is 1.70. The van der Waals surface area contributed by atoms with Crippen LogP contribution in [0.15, 0.2) is 0 Å². The fourth-order valence-corrected chi connectivity index (χ4v) is 4.06. The van der Waals surface area contributed by atoms with Gasteiger partial charge in [-0.05, 0) is 38.0 Å². The highest BCUT2D eigenvalue weighted by Gasteiger charge is 2.52. The number of rotatable bonds is 3. The van der Waals surface area contributed by atoms with E-state index in [2.05, 4.69) is 17.6 Å². The van der Waals surface area contributed by atoms with Crippen molar-refractivity contribution in [2.45, 2.75) is 57.5 Å². The normalized spacial score (nSPS) is 32.8. The lowest BCUT2D eigenvalue weighted by Crippen LogP contribution is -2.59. The van der Waals surface area contributed by atoms with Gasteiger partial charge in [0.2, 0.25) is 11.8 Å². The monoisotopic (exact) mass is 350 g/mol. The molecule has 1 saturated carbocycles. The Labute approximate surface area is 147 Å². The molecule has 1 aliphatic carbocycles. The van der Waals surface area contributed by atoms with Crippen LogP contribution in [0.3, 0.4) is 0 Å². The fourth-order valence-electron chi connectivity index (χ4n) is 4.06. The number of hydrogen-bond acceptors (Lipinski definition) is 4. The maximum Gasteiger partial charge on any atom is 0.325 e. The van der Waals surface area contributed by atoms with Crippen molar-refractivity contribution in [3.05, 3.63) is 0 Å². The minimum Gasteiger partial charge on any atom is -0.353 e. The number of piperazine rings is 1. The Morgan fingerprint density at radius 3 is 2.56 bits per heavy atom. The summed E-state index contributed by atoms with van der Waals surface area (Å²) in [6, 6.07) is -1.03. The highest BCUT2D eigenvalue weighted by Crippen LogP contribution is 2.36. The van der Waals surface area contributed by atoms with Crippen LogP contribution in [0, 0.1) is 5.92 Å². The molecule has 3 aliphatic rings. The van der Waals surface area contributed by atoms with Crippen LogP contribution in [0.5, 0.6) is 0 Å². The van der Waals surface area contributed by atoms with Gasteiger partial charge in [0.25, 0.3) is 5.91 Å². The smallest absolute Gasteiger partial charge is 0.325 e. The molecule has 0 aromatic heterocycles. The molecule has 2 saturated heterocycles. The Morgan fingerprint density at radius 2 is 1.92 bits per heavy atom. The third-order valence-corrected chi connectivity index (χ3v) is 5.70. The van der Waals surface area contributed by atoms with Gasteiger partial charge < -0.3 is 15.5 Å². The Hall–Kier alpha value is -2.12. The summed E-state index contributed by atoms with van der Waals surface area (Å²) in [6.45, 7) is 4.47. The van der Waals surface area contributed by atoms with Gasteiger partial charge in [-0.1, -0.05) is 13.8 Å². The van der Waals surface area contributed by atoms with Crippen molar-refractivity contribution in [1.29, 1.82) is 0 Å². The van der Waals surface area contributed by atoms with Crippen molar-refractivity contribution in [3.8, 4) is 0 Å². The van der Waals surface area contributed by atoms with Gasteiger partial charge in [-0.2, -0.15) is 0 Å². The first kappa shape index (κ1) is 17.7. The molecule has 3 rings (SSSR count). The lowest BCUT2D eigenvalue weighted by Gasteiger charge is -2.35. The highest BCUT2D eigenvalue weighted by atomic mass is 16.2. The van der Waals surface area contributed by atoms with E-state index in [1.807, 2.05) is 6.92 Å². The SMILES string of the molecule is CC[C@@H]1C(=O)NCCN1C(=O)CN1C(=O)NC2(CCC(C)CC2)C1=O. The summed E-state index contributed by atoms with van der Waals surface area (Å²) in [7, 11) is 0. The number of carbonyl (C=O) groups excluding carboxylic acids is 4. The van der Waals surface area contributed by atoms with E-state index < -0.39 is 17.6 Å². The summed E-state index contributed by atoms with van der Waals surface area (Å²) in [4.78, 5) is 52.2. The Bertz CT molecular complexity index is 597. The van der Waals surface area contributed by atoms with Crippen molar-refractivity contribution >= 4 is 23.8 Å². The number of carbonyl (C=O) groups is 4. The van der Waals surface area contributed by atoms with E-state index in [4.69, 9.17) is 0 Å². The average Bonchev–Trinajstić information content (AvgIpc) is 2.81. The average molecular weight is 350 g/mol. The van der Waals surface area contributed by atoms with Crippen LogP contribution < -0.4 is 10.6 Å². The van der Waals surface area contributed by atoms with Crippen LogP contribution >= 0.6 is 0 Å². The predicted octanol–water partition coefficient (Wildman–Crippen LogP) is 0.224. The van der Waals surface area contributed by atoms with E-state index in [9.17, 15) is 19.2 Å². The van der Waals surface area contributed by atoms with Crippen molar-refractivity contribution in [1.82, 2.24) is 20.4 Å². The minimum atomic E-state index is -0.840. The van der Waals surface area contributed by atoms with Crippen LogP contribution in [0.2, 0.25) is 0 Å². The van der Waals surface area contributed by atoms with E-state index >= 15 is 0 Å². The molecular formula is C17H26N4O4. The molecule has 0 aromatic rings. The van der Waals surface area contributed by atoms with Gasteiger partial charge in [0.05, 0.1) is 0 Å². The molecule has 25 heavy (non-hydrogen) atoms. The summed E-state index contributed by atoms with van der Waals surface area (Å²) < 4.78 is 0. The van der Waals surface area contributed by atoms with Gasteiger partial charge in [0.1, 0.15) is 18.1 Å². The number of nitrogens with one attached hydrogen (secondary N) is 2. The Morgan fingerprint density at radius 1 is 1.24 bits per heavy atom. The first-order valence-corrected chi connectivity index (χ1v) is 9.09. The largest absolute Gasteiger partial charge is 0.353 e. The number of nitrogens with zero attached hydrogens (tertiary/aromatic N) is 2. The molecule has 8 nitrogen and oxygen atoms in total. The molecule has 1 spiro atoms. The van der Waals surface area contributed by atoms with Gasteiger partial charge in [0.15, 0.2) is 0 Å². The number of imide groups is 1. The third kappa shape index (κ3) is 3.09. The van der Waals surface area contributed by atoms with Gasteiger partial charge in [-0.25, -0.2) is 4.79 Å². The standard InChI is InChI=1S/C17H26N4O4/c1-3-12-14(23)18-8-9-20(12)13(22)10-21-15(24)17(19-16(21)25)6-4-11(2)5-7-17/h11-12H,3-10H2,1-2H3,(H,18,23)(H,19,25)/t11?,12-,17?/m1/s1. The van der Waals surface area contributed by atoms with E-state index in [0.29, 0.717) is 38.3 Å². The zero-order valence-electron chi connectivity index (χ0n) is 14.8. The van der Waals surface area contributed by atoms with E-state index in [1.165, 1.54) is 4.90 Å². The number of amides is 5. The molecule has 2 aliphatic heterocycles. The lowest BCUT2D eigenvalue weighted by molar-refractivity contribution is -0.146. The zero-order chi connectivity index (χ0) is 18.2. The molecule has 138 valence electrons. The molecular weight excluding hydrogens is 324 g/mol. The van der Waals surface area contributed by atoms with Crippen LogP contribution in [0.4, 0.5) is 4.79 Å². The van der Waals surface area contributed by atoms with Crippen molar-refractivity contribution in [3.63, 3.8) is 0 Å². The van der Waals surface area contributed by atoms with Crippen molar-refractivity contribution in [2.75, 3.05) is 19.6 Å². The molecule has 8 heteroatoms. The zero-order valence-corrected chi connectivity index (χ0v) is 14.8. The number of urea groups is 1. The summed E-state index contributed by atoms with van der Waals surface area (Å²) >= 11 is 0. The second kappa shape index (κ2) is 6.65. The van der Waals surface area contributed by atoms with Crippen LogP contribution in [0.1, 0.15) is 46.0 Å². The predicted molar refractivity (Wildman–Crippen MR) is 89.4 cm³/mol. The second-order valence-corrected chi connectivity index (χ2v) is 7.39. The van der Waals surface area contributed by atoms with Gasteiger partial charge in [0, 0.05) is 13.1 Å². The van der Waals surface area contributed by atoms with Gasteiger partial charge >= 0.3 is 6.03 Å². The first-order valence-electron chi connectivity index (χ1n) is 9.09. The molecule has 5 amide bonds. The molecule has 0 unspecified atom stereocenters. The molecule has 3 fully saturated rings. The summed E-state index contributed by atoms with van der Waals surface area (Å²) in [5, 5.41) is 5.56. The highest BCUT2D eigenvalue weighted by molar-refractivity contribution is 6.09. The van der Waals surface area contributed by atoms with Crippen LogP contribution in [0.25, 0.3) is 0 Å². The molecule has 0 aromatic carbocycles.